The van der Waals surface area contributed by atoms with Crippen LogP contribution in [-0.4, -0.2) is 50.0 Å². The minimum atomic E-state index is -0.867. The summed E-state index contributed by atoms with van der Waals surface area (Å²) in [6, 6.07) is 6.30. The van der Waals surface area contributed by atoms with Crippen molar-refractivity contribution in [1.82, 2.24) is 19.8 Å². The van der Waals surface area contributed by atoms with Gasteiger partial charge in [-0.05, 0) is 72.2 Å². The second-order valence-corrected chi connectivity index (χ2v) is 8.62. The summed E-state index contributed by atoms with van der Waals surface area (Å²) in [5.41, 5.74) is 7.41. The number of pyridine rings is 1. The van der Waals surface area contributed by atoms with Crippen LogP contribution < -0.4 is 0 Å². The third-order valence-electron chi connectivity index (χ3n) is 6.74. The lowest BCUT2D eigenvalue weighted by molar-refractivity contribution is -0.129. The predicted molar refractivity (Wildman–Crippen MR) is 118 cm³/mol. The summed E-state index contributed by atoms with van der Waals surface area (Å²) in [6.45, 7) is 5.45. The Bertz CT molecular complexity index is 1200. The fourth-order valence-electron chi connectivity index (χ4n) is 5.08. The maximum absolute atomic E-state index is 12.0. The van der Waals surface area contributed by atoms with E-state index in [1.165, 1.54) is 5.56 Å². The number of hydrogen-bond acceptors (Lipinski definition) is 3. The summed E-state index contributed by atoms with van der Waals surface area (Å²) >= 11 is 0. The molecule has 7 nitrogen and oxygen atoms in total. The third-order valence-corrected chi connectivity index (χ3v) is 6.74. The number of carbonyl (C=O) groups is 2. The molecule has 0 saturated carbocycles. The van der Waals surface area contributed by atoms with E-state index in [-0.39, 0.29) is 11.9 Å². The molecule has 0 bridgehead atoms. The zero-order chi connectivity index (χ0) is 21.7. The Balaban J connectivity index is 1.66. The number of nitrogens with one attached hydrogen (secondary N) is 1. The number of fused-ring (bicyclic) bond motifs is 2. The largest absolute Gasteiger partial charge is 0.465 e. The number of likely N-dealkylation sites (tertiary alicyclic amines) is 1. The van der Waals surface area contributed by atoms with Crippen LogP contribution in [0.25, 0.3) is 22.2 Å². The highest BCUT2D eigenvalue weighted by Crippen LogP contribution is 2.39. The molecule has 160 valence electrons. The molecule has 7 heteroatoms. The molecule has 2 amide bonds. The van der Waals surface area contributed by atoms with Gasteiger partial charge in [-0.1, -0.05) is 0 Å². The van der Waals surface area contributed by atoms with Gasteiger partial charge in [0.2, 0.25) is 5.91 Å². The molecule has 1 saturated heterocycles. The van der Waals surface area contributed by atoms with E-state index in [9.17, 15) is 14.7 Å². The topological polar surface area (TPSA) is 89.5 Å². The first-order chi connectivity index (χ1) is 14.9. The highest BCUT2D eigenvalue weighted by atomic mass is 16.4. The maximum atomic E-state index is 12.0. The molecule has 5 rings (SSSR count). The quantitative estimate of drug-likeness (QED) is 0.651. The van der Waals surface area contributed by atoms with E-state index < -0.39 is 6.09 Å². The number of benzene rings is 1. The minimum absolute atomic E-state index is 0.0664. The SMILES string of the molecule is CC(=O)N1CCc2c(cc(-c3cnc4[nH]cc(C)c4c3)cc2[C@@H]2CCCN2C(=O)O)C1. The summed E-state index contributed by atoms with van der Waals surface area (Å²) in [6.07, 6.45) is 5.39. The van der Waals surface area contributed by atoms with Crippen LogP contribution in [0.5, 0.6) is 0 Å². The predicted octanol–water partition coefficient (Wildman–Crippen LogP) is 4.26. The van der Waals surface area contributed by atoms with Gasteiger partial charge in [-0.25, -0.2) is 9.78 Å². The van der Waals surface area contributed by atoms with Gasteiger partial charge in [-0.15, -0.1) is 0 Å². The van der Waals surface area contributed by atoms with E-state index in [2.05, 4.69) is 35.1 Å². The van der Waals surface area contributed by atoms with Crippen LogP contribution in [0, 0.1) is 6.92 Å². The molecule has 0 unspecified atom stereocenters. The Kier molecular flexibility index (Phi) is 4.68. The number of nitrogens with zero attached hydrogens (tertiary/aromatic N) is 3. The molecule has 0 aliphatic carbocycles. The zero-order valence-electron chi connectivity index (χ0n) is 17.8. The molecule has 2 N–H and O–H groups in total. The number of hydrogen-bond donors (Lipinski definition) is 2. The monoisotopic (exact) mass is 418 g/mol. The van der Waals surface area contributed by atoms with Crippen molar-refractivity contribution in [2.24, 2.45) is 0 Å². The summed E-state index contributed by atoms with van der Waals surface area (Å²) in [4.78, 5) is 35.1. The summed E-state index contributed by atoms with van der Waals surface area (Å²) < 4.78 is 0. The van der Waals surface area contributed by atoms with Crippen molar-refractivity contribution in [3.8, 4) is 11.1 Å². The van der Waals surface area contributed by atoms with Crippen LogP contribution in [0.15, 0.2) is 30.6 Å². The van der Waals surface area contributed by atoms with E-state index in [1.807, 2.05) is 17.3 Å². The number of aromatic amines is 1. The smallest absolute Gasteiger partial charge is 0.407 e. The number of rotatable bonds is 2. The Morgan fingerprint density at radius 3 is 2.81 bits per heavy atom. The molecule has 4 heterocycles. The number of aromatic nitrogens is 2. The van der Waals surface area contributed by atoms with Crippen LogP contribution in [0.2, 0.25) is 0 Å². The molecule has 1 atom stereocenters. The molecule has 2 aliphatic heterocycles. The highest BCUT2D eigenvalue weighted by Gasteiger charge is 2.33. The summed E-state index contributed by atoms with van der Waals surface area (Å²) in [7, 11) is 0. The number of carbonyl (C=O) groups excluding carboxylic acids is 1. The molecule has 3 aromatic rings. The maximum Gasteiger partial charge on any atom is 0.407 e. The average molecular weight is 418 g/mol. The van der Waals surface area contributed by atoms with Crippen molar-refractivity contribution in [2.45, 2.75) is 45.7 Å². The Morgan fingerprint density at radius 2 is 2.03 bits per heavy atom. The van der Waals surface area contributed by atoms with Crippen molar-refractivity contribution in [3.63, 3.8) is 0 Å². The van der Waals surface area contributed by atoms with Crippen molar-refractivity contribution in [3.05, 3.63) is 52.8 Å². The molecule has 0 radical (unpaired) electrons. The molecular weight excluding hydrogens is 392 g/mol. The number of aryl methyl sites for hydroxylation is 1. The number of amides is 2. The van der Waals surface area contributed by atoms with Crippen molar-refractivity contribution in [1.29, 1.82) is 0 Å². The van der Waals surface area contributed by atoms with Gasteiger partial charge >= 0.3 is 6.09 Å². The van der Waals surface area contributed by atoms with Gasteiger partial charge in [-0.3, -0.25) is 4.79 Å². The van der Waals surface area contributed by atoms with Gasteiger partial charge in [0, 0.05) is 49.9 Å². The van der Waals surface area contributed by atoms with Crippen molar-refractivity contribution >= 4 is 23.0 Å². The lowest BCUT2D eigenvalue weighted by Crippen LogP contribution is -2.36. The normalized spacial score (nSPS) is 18.5. The Hall–Kier alpha value is -3.35. The van der Waals surface area contributed by atoms with E-state index >= 15 is 0 Å². The summed E-state index contributed by atoms with van der Waals surface area (Å²) in [5.74, 6) is 0.0664. The molecule has 2 aromatic heterocycles. The Morgan fingerprint density at radius 1 is 1.19 bits per heavy atom. The van der Waals surface area contributed by atoms with E-state index in [4.69, 9.17) is 0 Å². The van der Waals surface area contributed by atoms with Gasteiger partial charge in [0.05, 0.1) is 6.04 Å². The average Bonchev–Trinajstić information content (AvgIpc) is 3.39. The molecule has 2 aliphatic rings. The van der Waals surface area contributed by atoms with Gasteiger partial charge in [-0.2, -0.15) is 0 Å². The minimum Gasteiger partial charge on any atom is -0.465 e. The van der Waals surface area contributed by atoms with Gasteiger partial charge < -0.3 is 19.9 Å². The van der Waals surface area contributed by atoms with E-state index in [0.717, 1.165) is 58.1 Å². The lowest BCUT2D eigenvalue weighted by Gasteiger charge is -2.33. The first-order valence-corrected chi connectivity index (χ1v) is 10.8. The molecule has 31 heavy (non-hydrogen) atoms. The fraction of sp³-hybridized carbons (Fsp3) is 0.375. The first kappa shape index (κ1) is 19.6. The van der Waals surface area contributed by atoms with Crippen molar-refractivity contribution in [2.75, 3.05) is 13.1 Å². The second-order valence-electron chi connectivity index (χ2n) is 8.62. The third kappa shape index (κ3) is 3.34. The summed E-state index contributed by atoms with van der Waals surface area (Å²) in [5, 5.41) is 10.8. The number of carboxylic acid groups (broad SMARTS) is 1. The Labute approximate surface area is 180 Å². The van der Waals surface area contributed by atoms with Gasteiger partial charge in [0.15, 0.2) is 0 Å². The highest BCUT2D eigenvalue weighted by molar-refractivity contribution is 5.85. The standard InChI is InChI=1S/C24H26N4O3/c1-14-11-25-23-20(14)10-17(12-26-23)16-8-18-13-27(15(2)29)7-5-19(18)21(9-16)22-4-3-6-28(22)24(30)31/h8-12,22H,3-7,13H2,1-2H3,(H,25,26)(H,30,31)/t22-/m0/s1. The zero-order valence-corrected chi connectivity index (χ0v) is 17.8. The molecule has 1 fully saturated rings. The van der Waals surface area contributed by atoms with Crippen LogP contribution in [0.4, 0.5) is 4.79 Å². The first-order valence-electron chi connectivity index (χ1n) is 10.8. The fourth-order valence-corrected chi connectivity index (χ4v) is 5.08. The molecular formula is C24H26N4O3. The van der Waals surface area contributed by atoms with Gasteiger partial charge in [0.25, 0.3) is 0 Å². The molecule has 0 spiro atoms. The van der Waals surface area contributed by atoms with Crippen LogP contribution in [0.1, 0.15) is 48.1 Å². The van der Waals surface area contributed by atoms with Crippen molar-refractivity contribution < 1.29 is 14.7 Å². The second kappa shape index (κ2) is 7.41. The van der Waals surface area contributed by atoms with E-state index in [1.54, 1.807) is 11.8 Å². The number of H-pyrrole nitrogens is 1. The van der Waals surface area contributed by atoms with Gasteiger partial charge in [0.1, 0.15) is 5.65 Å². The van der Waals surface area contributed by atoms with Crippen LogP contribution in [0.3, 0.4) is 0 Å². The van der Waals surface area contributed by atoms with Crippen LogP contribution >= 0.6 is 0 Å². The van der Waals surface area contributed by atoms with Crippen LogP contribution in [-0.2, 0) is 17.8 Å². The lowest BCUT2D eigenvalue weighted by atomic mass is 9.86. The van der Waals surface area contributed by atoms with E-state index in [0.29, 0.717) is 19.6 Å². The molecule has 1 aromatic carbocycles.